The Balaban J connectivity index is 1.16. The molecule has 206 valence electrons. The average Bonchev–Trinajstić information content (AvgIpc) is 3.34. The summed E-state index contributed by atoms with van der Waals surface area (Å²) in [6.45, 7) is 3.31. The molecule has 0 spiro atoms. The molecule has 2 atom stereocenters. The first-order chi connectivity index (χ1) is 18.9. The maximum absolute atomic E-state index is 13.2. The molecular formula is C29H34ClN5O4. The molecule has 6 rings (SSSR count). The molecule has 1 aliphatic carbocycles. The minimum atomic E-state index is -0.421. The van der Waals surface area contributed by atoms with Crippen LogP contribution in [0.15, 0.2) is 36.8 Å². The number of halogens is 1. The molecule has 2 saturated heterocycles. The molecule has 3 aliphatic rings. The lowest BCUT2D eigenvalue weighted by Gasteiger charge is -2.39. The van der Waals surface area contributed by atoms with Crippen molar-refractivity contribution in [2.24, 2.45) is 17.8 Å². The highest BCUT2D eigenvalue weighted by atomic mass is 35.5. The number of likely N-dealkylation sites (tertiary alicyclic amines) is 1. The van der Waals surface area contributed by atoms with Gasteiger partial charge in [0.25, 0.3) is 0 Å². The fraction of sp³-hybridized carbons (Fsp3) is 0.517. The van der Waals surface area contributed by atoms with Gasteiger partial charge < -0.3 is 24.6 Å². The number of hydrogen-bond acceptors (Lipinski definition) is 6. The Morgan fingerprint density at radius 3 is 2.67 bits per heavy atom. The van der Waals surface area contributed by atoms with Crippen LogP contribution in [0.2, 0.25) is 5.02 Å². The van der Waals surface area contributed by atoms with Crippen molar-refractivity contribution in [2.75, 3.05) is 31.6 Å². The Morgan fingerprint density at radius 2 is 1.87 bits per heavy atom. The number of rotatable bonds is 6. The van der Waals surface area contributed by atoms with E-state index in [9.17, 15) is 14.7 Å². The summed E-state index contributed by atoms with van der Waals surface area (Å²) in [4.78, 5) is 36.6. The lowest BCUT2D eigenvalue weighted by atomic mass is 9.80. The van der Waals surface area contributed by atoms with Gasteiger partial charge >= 0.3 is 0 Å². The summed E-state index contributed by atoms with van der Waals surface area (Å²) in [6, 6.07) is 7.90. The van der Waals surface area contributed by atoms with Gasteiger partial charge in [-0.15, -0.1) is 0 Å². The summed E-state index contributed by atoms with van der Waals surface area (Å²) in [5.74, 6) is 0.509. The number of carbonyl (C=O) groups is 2. The highest BCUT2D eigenvalue weighted by Crippen LogP contribution is 2.34. The number of nitrogens with zero attached hydrogens (tertiary/aromatic N) is 4. The lowest BCUT2D eigenvalue weighted by Crippen LogP contribution is -2.55. The molecule has 4 heterocycles. The van der Waals surface area contributed by atoms with E-state index >= 15 is 0 Å². The number of aliphatic hydroxyl groups is 1. The molecule has 1 saturated carbocycles. The zero-order chi connectivity index (χ0) is 26.9. The third kappa shape index (κ3) is 5.66. The second-order valence-corrected chi connectivity index (χ2v) is 11.6. The van der Waals surface area contributed by atoms with Crippen molar-refractivity contribution in [2.45, 2.75) is 51.2 Å². The van der Waals surface area contributed by atoms with Crippen LogP contribution in [0, 0.1) is 17.8 Å². The summed E-state index contributed by atoms with van der Waals surface area (Å²) in [6.07, 6.45) is 8.02. The Kier molecular flexibility index (Phi) is 7.55. The summed E-state index contributed by atoms with van der Waals surface area (Å²) >= 11 is 6.58. The zero-order valence-electron chi connectivity index (χ0n) is 21.9. The molecule has 0 radical (unpaired) electrons. The second kappa shape index (κ2) is 11.2. The summed E-state index contributed by atoms with van der Waals surface area (Å²) in [5.41, 5.74) is 3.69. The van der Waals surface area contributed by atoms with Crippen molar-refractivity contribution in [1.29, 1.82) is 0 Å². The molecule has 3 aromatic rings. The van der Waals surface area contributed by atoms with Crippen LogP contribution in [0.5, 0.6) is 0 Å². The number of anilines is 1. The van der Waals surface area contributed by atoms with E-state index in [1.54, 1.807) is 11.1 Å². The van der Waals surface area contributed by atoms with Gasteiger partial charge in [0, 0.05) is 56.4 Å². The van der Waals surface area contributed by atoms with E-state index in [4.69, 9.17) is 16.3 Å². The maximum Gasteiger partial charge on any atom is 0.228 e. The fourth-order valence-electron chi connectivity index (χ4n) is 6.08. The third-order valence-corrected chi connectivity index (χ3v) is 8.70. The highest BCUT2D eigenvalue weighted by molar-refractivity contribution is 6.33. The van der Waals surface area contributed by atoms with Crippen molar-refractivity contribution in [3.8, 4) is 11.1 Å². The Bertz CT molecular complexity index is 1360. The van der Waals surface area contributed by atoms with Crippen molar-refractivity contribution in [1.82, 2.24) is 19.4 Å². The fourth-order valence-corrected chi connectivity index (χ4v) is 6.29. The topological polar surface area (TPSA) is 110 Å². The summed E-state index contributed by atoms with van der Waals surface area (Å²) in [7, 11) is 0. The van der Waals surface area contributed by atoms with Crippen LogP contribution in [0.25, 0.3) is 22.2 Å². The molecule has 3 fully saturated rings. The number of β-amino-alcohol motifs (C(OH)–C–C–N with tert-alkyl or cyclic N) is 1. The Morgan fingerprint density at radius 1 is 1.08 bits per heavy atom. The summed E-state index contributed by atoms with van der Waals surface area (Å²) in [5, 5.41) is 13.0. The number of ether oxygens (including phenoxy) is 1. The van der Waals surface area contributed by atoms with Gasteiger partial charge in [0.2, 0.25) is 11.8 Å². The predicted octanol–water partition coefficient (Wildman–Crippen LogP) is 4.13. The highest BCUT2D eigenvalue weighted by Gasteiger charge is 2.37. The van der Waals surface area contributed by atoms with E-state index in [2.05, 4.69) is 25.9 Å². The van der Waals surface area contributed by atoms with Crippen LogP contribution in [-0.4, -0.2) is 68.8 Å². The van der Waals surface area contributed by atoms with Gasteiger partial charge in [-0.25, -0.2) is 9.97 Å². The van der Waals surface area contributed by atoms with E-state index in [1.165, 1.54) is 0 Å². The standard InChI is InChI=1S/C29H34ClN5O4/c30-24-13-31-27(33-28(37)20-2-1-3-21(10-20)29(38)34-15-22(36)16-34)12-23(24)19-4-5-25-26(11-19)35(17-32-25)14-18-6-8-39-9-7-18/h4-5,11-13,17-18,20-22,36H,1-3,6-10,14-16H2,(H,31,33,37)/t20-,21+/m1/s1. The monoisotopic (exact) mass is 551 g/mol. The smallest absolute Gasteiger partial charge is 0.228 e. The van der Waals surface area contributed by atoms with Crippen molar-refractivity contribution >= 4 is 40.3 Å². The Labute approximate surface area is 232 Å². The van der Waals surface area contributed by atoms with Gasteiger partial charge in [0.1, 0.15) is 5.82 Å². The van der Waals surface area contributed by atoms with Crippen LogP contribution in [0.4, 0.5) is 5.82 Å². The van der Waals surface area contributed by atoms with Gasteiger partial charge in [0.15, 0.2) is 0 Å². The van der Waals surface area contributed by atoms with Crippen molar-refractivity contribution in [3.63, 3.8) is 0 Å². The van der Waals surface area contributed by atoms with Gasteiger partial charge in [-0.2, -0.15) is 0 Å². The first-order valence-electron chi connectivity index (χ1n) is 13.9. The molecular weight excluding hydrogens is 518 g/mol. The first-order valence-corrected chi connectivity index (χ1v) is 14.3. The zero-order valence-corrected chi connectivity index (χ0v) is 22.6. The molecule has 10 heteroatoms. The number of aliphatic hydroxyl groups excluding tert-OH is 1. The minimum Gasteiger partial charge on any atom is -0.389 e. The average molecular weight is 552 g/mol. The normalized spacial score (nSPS) is 22.6. The van der Waals surface area contributed by atoms with E-state index in [1.807, 2.05) is 24.5 Å². The number of carbonyl (C=O) groups excluding carboxylic acids is 2. The van der Waals surface area contributed by atoms with E-state index in [0.717, 1.165) is 74.0 Å². The quantitative estimate of drug-likeness (QED) is 0.477. The minimum absolute atomic E-state index is 0.0520. The van der Waals surface area contributed by atoms with Gasteiger partial charge in [-0.05, 0) is 61.8 Å². The first kappa shape index (κ1) is 26.2. The molecule has 0 unspecified atom stereocenters. The van der Waals surface area contributed by atoms with Gasteiger partial charge in [0.05, 0.1) is 28.5 Å². The number of imidazole rings is 1. The molecule has 1 aromatic carbocycles. The molecule has 2 amide bonds. The molecule has 2 aliphatic heterocycles. The molecule has 2 N–H and O–H groups in total. The third-order valence-electron chi connectivity index (χ3n) is 8.40. The van der Waals surface area contributed by atoms with E-state index in [0.29, 0.717) is 36.3 Å². The number of fused-ring (bicyclic) bond motifs is 1. The Hall–Kier alpha value is -3.01. The lowest BCUT2D eigenvalue weighted by molar-refractivity contribution is -0.147. The van der Waals surface area contributed by atoms with Crippen LogP contribution >= 0.6 is 11.6 Å². The number of nitrogens with one attached hydrogen (secondary N) is 1. The SMILES string of the molecule is O=C(Nc1cc(-c2ccc3ncn(CC4CCOCC4)c3c2)c(Cl)cn1)[C@@H]1CCC[C@H](C(=O)N2CC(O)C2)C1. The van der Waals surface area contributed by atoms with Crippen LogP contribution in [0.1, 0.15) is 38.5 Å². The number of benzene rings is 1. The molecule has 2 aromatic heterocycles. The van der Waals surface area contributed by atoms with Gasteiger partial charge in [-0.3, -0.25) is 9.59 Å². The largest absolute Gasteiger partial charge is 0.389 e. The van der Waals surface area contributed by atoms with Crippen LogP contribution in [0.3, 0.4) is 0 Å². The van der Waals surface area contributed by atoms with E-state index < -0.39 is 6.10 Å². The van der Waals surface area contributed by atoms with E-state index in [-0.39, 0.29) is 23.7 Å². The van der Waals surface area contributed by atoms with Crippen LogP contribution in [-0.2, 0) is 20.9 Å². The number of amides is 2. The number of pyridine rings is 1. The molecule has 9 nitrogen and oxygen atoms in total. The van der Waals surface area contributed by atoms with Crippen molar-refractivity contribution < 1.29 is 19.4 Å². The van der Waals surface area contributed by atoms with Gasteiger partial charge in [-0.1, -0.05) is 24.1 Å². The molecule has 0 bridgehead atoms. The summed E-state index contributed by atoms with van der Waals surface area (Å²) < 4.78 is 7.71. The molecule has 39 heavy (non-hydrogen) atoms. The maximum atomic E-state index is 13.2. The number of aromatic nitrogens is 3. The number of hydrogen-bond donors (Lipinski definition) is 2. The van der Waals surface area contributed by atoms with Crippen molar-refractivity contribution in [3.05, 3.63) is 41.8 Å². The van der Waals surface area contributed by atoms with Crippen LogP contribution < -0.4 is 5.32 Å². The predicted molar refractivity (Wildman–Crippen MR) is 148 cm³/mol. The second-order valence-electron chi connectivity index (χ2n) is 11.2.